The Hall–Kier alpha value is -3.28. The normalized spacial score (nSPS) is 14.0. The smallest absolute Gasteiger partial charge is 0.331 e. The van der Waals surface area contributed by atoms with E-state index >= 15 is 0 Å². The Balaban J connectivity index is 1.58. The van der Waals surface area contributed by atoms with Crippen molar-refractivity contribution in [1.82, 2.24) is 0 Å². The summed E-state index contributed by atoms with van der Waals surface area (Å²) >= 11 is 0. The van der Waals surface area contributed by atoms with Crippen molar-refractivity contribution in [3.05, 3.63) is 71.6 Å². The SMILES string of the molecule is O=C(/C=C/c1ccccc1F)OCC(=O)c1cccc(N2CCCC2=O)c1. The van der Waals surface area contributed by atoms with E-state index in [4.69, 9.17) is 4.74 Å². The van der Waals surface area contributed by atoms with E-state index in [9.17, 15) is 18.8 Å². The Bertz CT molecular complexity index is 907. The van der Waals surface area contributed by atoms with Crippen LogP contribution in [0.5, 0.6) is 0 Å². The summed E-state index contributed by atoms with van der Waals surface area (Å²) in [6.07, 6.45) is 3.67. The predicted octanol–water partition coefficient (Wildman–Crippen LogP) is 3.39. The third kappa shape index (κ3) is 4.67. The molecule has 0 aromatic heterocycles. The second-order valence-corrected chi connectivity index (χ2v) is 6.08. The molecule has 0 bridgehead atoms. The van der Waals surface area contributed by atoms with Gasteiger partial charge in [0.15, 0.2) is 12.4 Å². The summed E-state index contributed by atoms with van der Waals surface area (Å²) in [5, 5.41) is 0. The van der Waals surface area contributed by atoms with E-state index in [1.54, 1.807) is 41.3 Å². The molecular weight excluding hydrogens is 349 g/mol. The summed E-state index contributed by atoms with van der Waals surface area (Å²) in [4.78, 5) is 37.5. The standard InChI is InChI=1S/C21H18FNO4/c22-18-8-2-1-5-15(18)10-11-21(26)27-14-19(24)16-6-3-7-17(13-16)23-12-4-9-20(23)25/h1-3,5-8,10-11,13H,4,9,12,14H2/b11-10+. The number of nitrogens with zero attached hydrogens (tertiary/aromatic N) is 1. The lowest BCUT2D eigenvalue weighted by molar-refractivity contribution is -0.136. The van der Waals surface area contributed by atoms with Crippen LogP contribution in [0.4, 0.5) is 10.1 Å². The topological polar surface area (TPSA) is 63.7 Å². The zero-order valence-corrected chi connectivity index (χ0v) is 14.6. The lowest BCUT2D eigenvalue weighted by Crippen LogP contribution is -2.24. The molecule has 1 fully saturated rings. The van der Waals surface area contributed by atoms with Gasteiger partial charge in [0, 0.05) is 35.9 Å². The van der Waals surface area contributed by atoms with E-state index in [0.29, 0.717) is 24.2 Å². The number of carbonyl (C=O) groups excluding carboxylic acids is 3. The number of ether oxygens (including phenoxy) is 1. The molecule has 0 N–H and O–H groups in total. The van der Waals surface area contributed by atoms with Crippen molar-refractivity contribution in [3.63, 3.8) is 0 Å². The Morgan fingerprint density at radius 1 is 1.15 bits per heavy atom. The first-order valence-electron chi connectivity index (χ1n) is 8.57. The highest BCUT2D eigenvalue weighted by Crippen LogP contribution is 2.22. The molecule has 27 heavy (non-hydrogen) atoms. The average molecular weight is 367 g/mol. The predicted molar refractivity (Wildman–Crippen MR) is 98.8 cm³/mol. The third-order valence-corrected chi connectivity index (χ3v) is 4.20. The van der Waals surface area contributed by atoms with Crippen LogP contribution in [0.25, 0.3) is 6.08 Å². The molecule has 2 aromatic carbocycles. The molecule has 1 amide bonds. The van der Waals surface area contributed by atoms with Crippen molar-refractivity contribution in [2.24, 2.45) is 0 Å². The maximum Gasteiger partial charge on any atom is 0.331 e. The van der Waals surface area contributed by atoms with Gasteiger partial charge in [-0.2, -0.15) is 0 Å². The number of hydrogen-bond acceptors (Lipinski definition) is 4. The number of Topliss-reactive ketones (excluding diaryl/α,β-unsaturated/α-hetero) is 1. The quantitative estimate of drug-likeness (QED) is 0.446. The molecule has 0 spiro atoms. The highest BCUT2D eigenvalue weighted by molar-refractivity contribution is 6.01. The number of carbonyl (C=O) groups is 3. The molecule has 1 aliphatic heterocycles. The molecule has 6 heteroatoms. The second kappa shape index (κ2) is 8.40. The third-order valence-electron chi connectivity index (χ3n) is 4.20. The molecule has 0 unspecified atom stereocenters. The van der Waals surface area contributed by atoms with Crippen molar-refractivity contribution in [2.45, 2.75) is 12.8 Å². The van der Waals surface area contributed by atoms with Gasteiger partial charge in [0.1, 0.15) is 5.82 Å². The maximum atomic E-state index is 13.5. The average Bonchev–Trinajstić information content (AvgIpc) is 3.11. The molecule has 3 rings (SSSR count). The fourth-order valence-corrected chi connectivity index (χ4v) is 2.80. The van der Waals surface area contributed by atoms with Gasteiger partial charge in [0.05, 0.1) is 0 Å². The Morgan fingerprint density at radius 3 is 2.70 bits per heavy atom. The molecule has 2 aromatic rings. The lowest BCUT2D eigenvalue weighted by Gasteiger charge is -2.16. The minimum Gasteiger partial charge on any atom is -0.454 e. The van der Waals surface area contributed by atoms with Crippen LogP contribution in [0.15, 0.2) is 54.6 Å². The first-order chi connectivity index (χ1) is 13.0. The molecule has 0 aliphatic carbocycles. The van der Waals surface area contributed by atoms with Crippen molar-refractivity contribution in [3.8, 4) is 0 Å². The van der Waals surface area contributed by atoms with Crippen LogP contribution in [-0.4, -0.2) is 30.8 Å². The Labute approximate surface area is 156 Å². The number of esters is 1. The molecule has 0 saturated carbocycles. The minimum atomic E-state index is -0.738. The number of benzene rings is 2. The van der Waals surface area contributed by atoms with Crippen molar-refractivity contribution in [2.75, 3.05) is 18.1 Å². The van der Waals surface area contributed by atoms with Crippen molar-refractivity contribution in [1.29, 1.82) is 0 Å². The molecule has 5 nitrogen and oxygen atoms in total. The van der Waals surface area contributed by atoms with Crippen LogP contribution >= 0.6 is 0 Å². The van der Waals surface area contributed by atoms with E-state index in [0.717, 1.165) is 12.5 Å². The number of amides is 1. The Morgan fingerprint density at radius 2 is 1.96 bits per heavy atom. The first-order valence-corrected chi connectivity index (χ1v) is 8.57. The van der Waals surface area contributed by atoms with Gasteiger partial charge < -0.3 is 9.64 Å². The summed E-state index contributed by atoms with van der Waals surface area (Å²) in [6, 6.07) is 12.7. The second-order valence-electron chi connectivity index (χ2n) is 6.08. The fraction of sp³-hybridized carbons (Fsp3) is 0.190. The number of anilines is 1. The van der Waals surface area contributed by atoms with Gasteiger partial charge in [0.2, 0.25) is 5.91 Å². The van der Waals surface area contributed by atoms with Gasteiger partial charge in [-0.1, -0.05) is 30.3 Å². The highest BCUT2D eigenvalue weighted by atomic mass is 19.1. The van der Waals surface area contributed by atoms with E-state index < -0.39 is 18.4 Å². The van der Waals surface area contributed by atoms with Crippen LogP contribution in [0.1, 0.15) is 28.8 Å². The highest BCUT2D eigenvalue weighted by Gasteiger charge is 2.22. The molecular formula is C21H18FNO4. The van der Waals surface area contributed by atoms with E-state index in [1.165, 1.54) is 18.2 Å². The molecule has 0 atom stereocenters. The van der Waals surface area contributed by atoms with Gasteiger partial charge in [-0.05, 0) is 30.7 Å². The van der Waals surface area contributed by atoms with E-state index in [2.05, 4.69) is 0 Å². The molecule has 138 valence electrons. The number of hydrogen-bond donors (Lipinski definition) is 0. The number of halogens is 1. The monoisotopic (exact) mass is 367 g/mol. The molecule has 1 saturated heterocycles. The summed E-state index contributed by atoms with van der Waals surface area (Å²) in [6.45, 7) is 0.199. The Kier molecular flexibility index (Phi) is 5.76. The van der Waals surface area contributed by atoms with E-state index in [1.807, 2.05) is 0 Å². The molecule has 0 radical (unpaired) electrons. The molecule has 1 aliphatic rings. The zero-order valence-electron chi connectivity index (χ0n) is 14.6. The summed E-state index contributed by atoms with van der Waals surface area (Å²) < 4.78 is 18.4. The van der Waals surface area contributed by atoms with Gasteiger partial charge in [0.25, 0.3) is 0 Å². The maximum absolute atomic E-state index is 13.5. The lowest BCUT2D eigenvalue weighted by atomic mass is 10.1. The van der Waals surface area contributed by atoms with Crippen LogP contribution in [-0.2, 0) is 14.3 Å². The van der Waals surface area contributed by atoms with Crippen LogP contribution in [0.2, 0.25) is 0 Å². The first kappa shape index (κ1) is 18.5. The molecule has 1 heterocycles. The number of rotatable bonds is 6. The number of ketones is 1. The largest absolute Gasteiger partial charge is 0.454 e. The zero-order chi connectivity index (χ0) is 19.2. The van der Waals surface area contributed by atoms with Gasteiger partial charge in [-0.25, -0.2) is 9.18 Å². The minimum absolute atomic E-state index is 0.0318. The summed E-state index contributed by atoms with van der Waals surface area (Å²) in [5.41, 5.74) is 1.27. The summed E-state index contributed by atoms with van der Waals surface area (Å²) in [7, 11) is 0. The van der Waals surface area contributed by atoms with Gasteiger partial charge in [-0.3, -0.25) is 9.59 Å². The van der Waals surface area contributed by atoms with Crippen molar-refractivity contribution < 1.29 is 23.5 Å². The van der Waals surface area contributed by atoms with Crippen molar-refractivity contribution >= 4 is 29.4 Å². The van der Waals surface area contributed by atoms with E-state index in [-0.39, 0.29) is 17.3 Å². The van der Waals surface area contributed by atoms with Crippen LogP contribution in [0, 0.1) is 5.82 Å². The van der Waals surface area contributed by atoms with Gasteiger partial charge >= 0.3 is 5.97 Å². The van der Waals surface area contributed by atoms with Crippen LogP contribution < -0.4 is 4.90 Å². The fourth-order valence-electron chi connectivity index (χ4n) is 2.80. The van der Waals surface area contributed by atoms with Gasteiger partial charge in [-0.15, -0.1) is 0 Å². The van der Waals surface area contributed by atoms with Crippen LogP contribution in [0.3, 0.4) is 0 Å². The summed E-state index contributed by atoms with van der Waals surface area (Å²) in [5.74, 6) is -1.54.